The van der Waals surface area contributed by atoms with E-state index in [0.29, 0.717) is 6.61 Å². The predicted octanol–water partition coefficient (Wildman–Crippen LogP) is 2.29. The highest BCUT2D eigenvalue weighted by molar-refractivity contribution is 5.54. The van der Waals surface area contributed by atoms with Crippen molar-refractivity contribution in [2.24, 2.45) is 5.73 Å². The molecule has 18 heavy (non-hydrogen) atoms. The van der Waals surface area contributed by atoms with E-state index in [9.17, 15) is 0 Å². The zero-order chi connectivity index (χ0) is 12.6. The van der Waals surface area contributed by atoms with Crippen LogP contribution in [-0.2, 0) is 16.9 Å². The molecule has 98 valence electrons. The predicted molar refractivity (Wildman–Crippen MR) is 67.6 cm³/mol. The maximum atomic E-state index is 6.55. The van der Waals surface area contributed by atoms with Gasteiger partial charge in [0.05, 0.1) is 6.61 Å². The molecule has 2 aliphatic rings. The highest BCUT2D eigenvalue weighted by Gasteiger charge is 2.35. The number of methoxy groups -OCH3 is 1. The van der Waals surface area contributed by atoms with Crippen LogP contribution in [0.4, 0.5) is 0 Å². The molecule has 2 N–H and O–H groups in total. The van der Waals surface area contributed by atoms with E-state index in [4.69, 9.17) is 19.9 Å². The molecule has 4 heteroatoms. The van der Waals surface area contributed by atoms with E-state index in [-0.39, 0.29) is 12.3 Å². The standard InChI is InChI=1S/C14H19NO3/c1-16-8-10-11(14(15)6-2-3-7-14)4-5-12-13(10)18-9-17-12/h4-5H,2-3,6-9,15H2,1H3. The molecule has 3 rings (SSSR count). The van der Waals surface area contributed by atoms with Crippen LogP contribution in [0.3, 0.4) is 0 Å². The van der Waals surface area contributed by atoms with Crippen molar-refractivity contribution in [1.29, 1.82) is 0 Å². The van der Waals surface area contributed by atoms with Crippen molar-refractivity contribution in [3.8, 4) is 11.5 Å². The summed E-state index contributed by atoms with van der Waals surface area (Å²) in [6, 6.07) is 4.04. The first-order chi connectivity index (χ1) is 8.74. The Bertz CT molecular complexity index is 453. The topological polar surface area (TPSA) is 53.7 Å². The van der Waals surface area contributed by atoms with Crippen molar-refractivity contribution in [3.05, 3.63) is 23.3 Å². The molecule has 0 unspecified atom stereocenters. The van der Waals surface area contributed by atoms with Crippen LogP contribution in [0.1, 0.15) is 36.8 Å². The van der Waals surface area contributed by atoms with Gasteiger partial charge in [0.2, 0.25) is 6.79 Å². The van der Waals surface area contributed by atoms with E-state index < -0.39 is 0 Å². The summed E-state index contributed by atoms with van der Waals surface area (Å²) in [6.45, 7) is 0.799. The second kappa shape index (κ2) is 4.44. The third-order valence-electron chi connectivity index (χ3n) is 3.96. The number of hydrogen-bond acceptors (Lipinski definition) is 4. The molecule has 1 aromatic carbocycles. The maximum Gasteiger partial charge on any atom is 0.231 e. The molecule has 0 bridgehead atoms. The monoisotopic (exact) mass is 249 g/mol. The van der Waals surface area contributed by atoms with Gasteiger partial charge in [-0.2, -0.15) is 0 Å². The Morgan fingerprint density at radius 1 is 1.28 bits per heavy atom. The number of hydrogen-bond donors (Lipinski definition) is 1. The minimum absolute atomic E-state index is 0.227. The van der Waals surface area contributed by atoms with Gasteiger partial charge in [0.1, 0.15) is 0 Å². The van der Waals surface area contributed by atoms with Crippen molar-refractivity contribution in [2.45, 2.75) is 37.8 Å². The Morgan fingerprint density at radius 2 is 2.06 bits per heavy atom. The molecule has 4 nitrogen and oxygen atoms in total. The summed E-state index contributed by atoms with van der Waals surface area (Å²) in [5, 5.41) is 0. The molecule has 1 aliphatic heterocycles. The van der Waals surface area contributed by atoms with Crippen LogP contribution in [0.15, 0.2) is 12.1 Å². The molecule has 1 saturated carbocycles. The summed E-state index contributed by atoms with van der Waals surface area (Å²) in [7, 11) is 1.69. The summed E-state index contributed by atoms with van der Waals surface area (Å²) in [6.07, 6.45) is 4.45. The lowest BCUT2D eigenvalue weighted by Crippen LogP contribution is -2.34. The van der Waals surface area contributed by atoms with Gasteiger partial charge in [-0.3, -0.25) is 0 Å². The fourth-order valence-electron chi connectivity index (χ4n) is 3.06. The zero-order valence-electron chi connectivity index (χ0n) is 10.7. The Morgan fingerprint density at radius 3 is 2.78 bits per heavy atom. The van der Waals surface area contributed by atoms with Crippen molar-refractivity contribution < 1.29 is 14.2 Å². The molecule has 0 saturated heterocycles. The molecular weight excluding hydrogens is 230 g/mol. The highest BCUT2D eigenvalue weighted by atomic mass is 16.7. The third-order valence-corrected chi connectivity index (χ3v) is 3.96. The molecule has 0 amide bonds. The van der Waals surface area contributed by atoms with E-state index >= 15 is 0 Å². The lowest BCUT2D eigenvalue weighted by Gasteiger charge is -2.27. The minimum Gasteiger partial charge on any atom is -0.454 e. The van der Waals surface area contributed by atoms with Crippen LogP contribution < -0.4 is 15.2 Å². The summed E-state index contributed by atoms with van der Waals surface area (Å²) < 4.78 is 16.3. The molecule has 0 aromatic heterocycles. The van der Waals surface area contributed by atoms with Gasteiger partial charge in [-0.1, -0.05) is 18.9 Å². The van der Waals surface area contributed by atoms with Crippen LogP contribution in [0.25, 0.3) is 0 Å². The molecular formula is C14H19NO3. The van der Waals surface area contributed by atoms with Gasteiger partial charge in [-0.05, 0) is 24.5 Å². The van der Waals surface area contributed by atoms with E-state index in [0.717, 1.165) is 35.5 Å². The Hall–Kier alpha value is -1.26. The first-order valence-corrected chi connectivity index (χ1v) is 6.44. The normalized spacial score (nSPS) is 20.3. The van der Waals surface area contributed by atoms with Crippen LogP contribution in [0.5, 0.6) is 11.5 Å². The van der Waals surface area contributed by atoms with Gasteiger partial charge in [0.15, 0.2) is 11.5 Å². The fraction of sp³-hybridized carbons (Fsp3) is 0.571. The van der Waals surface area contributed by atoms with Gasteiger partial charge in [-0.25, -0.2) is 0 Å². The largest absolute Gasteiger partial charge is 0.454 e. The number of rotatable bonds is 3. The first kappa shape index (κ1) is 11.8. The first-order valence-electron chi connectivity index (χ1n) is 6.44. The second-order valence-electron chi connectivity index (χ2n) is 5.12. The molecule has 1 fully saturated rings. The van der Waals surface area contributed by atoms with Gasteiger partial charge < -0.3 is 19.9 Å². The summed E-state index contributed by atoms with van der Waals surface area (Å²) >= 11 is 0. The Labute approximate surface area is 107 Å². The highest BCUT2D eigenvalue weighted by Crippen LogP contribution is 2.45. The molecule has 0 radical (unpaired) electrons. The average molecular weight is 249 g/mol. The second-order valence-corrected chi connectivity index (χ2v) is 5.12. The van der Waals surface area contributed by atoms with Crippen molar-refractivity contribution >= 4 is 0 Å². The number of nitrogens with two attached hydrogens (primary N) is 1. The van der Waals surface area contributed by atoms with E-state index in [2.05, 4.69) is 6.07 Å². The van der Waals surface area contributed by atoms with Gasteiger partial charge in [0, 0.05) is 18.2 Å². The van der Waals surface area contributed by atoms with Crippen LogP contribution in [0, 0.1) is 0 Å². The lowest BCUT2D eigenvalue weighted by atomic mass is 9.85. The van der Waals surface area contributed by atoms with Crippen LogP contribution >= 0.6 is 0 Å². The molecule has 1 aromatic rings. The Kier molecular flexibility index (Phi) is 2.92. The van der Waals surface area contributed by atoms with Crippen LogP contribution in [-0.4, -0.2) is 13.9 Å². The quantitative estimate of drug-likeness (QED) is 0.893. The number of benzene rings is 1. The maximum absolute atomic E-state index is 6.55. The number of fused-ring (bicyclic) bond motifs is 1. The van der Waals surface area contributed by atoms with E-state index in [1.165, 1.54) is 12.8 Å². The molecule has 0 atom stereocenters. The van der Waals surface area contributed by atoms with Crippen molar-refractivity contribution in [3.63, 3.8) is 0 Å². The molecule has 0 spiro atoms. The summed E-state index contributed by atoms with van der Waals surface area (Å²) in [5.74, 6) is 1.61. The molecule has 1 heterocycles. The summed E-state index contributed by atoms with van der Waals surface area (Å²) in [4.78, 5) is 0. The fourth-order valence-corrected chi connectivity index (χ4v) is 3.06. The summed E-state index contributed by atoms with van der Waals surface area (Å²) in [5.41, 5.74) is 8.54. The van der Waals surface area contributed by atoms with E-state index in [1.807, 2.05) is 6.07 Å². The SMILES string of the molecule is COCc1c(C2(N)CCCC2)ccc2c1OCO2. The third kappa shape index (κ3) is 1.76. The van der Waals surface area contributed by atoms with Crippen molar-refractivity contribution in [2.75, 3.05) is 13.9 Å². The van der Waals surface area contributed by atoms with Crippen LogP contribution in [0.2, 0.25) is 0 Å². The number of ether oxygens (including phenoxy) is 3. The van der Waals surface area contributed by atoms with Gasteiger partial charge in [-0.15, -0.1) is 0 Å². The molecule has 1 aliphatic carbocycles. The zero-order valence-corrected chi connectivity index (χ0v) is 10.7. The van der Waals surface area contributed by atoms with Gasteiger partial charge in [0.25, 0.3) is 0 Å². The minimum atomic E-state index is -0.227. The van der Waals surface area contributed by atoms with E-state index in [1.54, 1.807) is 7.11 Å². The average Bonchev–Trinajstić information content (AvgIpc) is 2.99. The lowest BCUT2D eigenvalue weighted by molar-refractivity contribution is 0.161. The Balaban J connectivity index is 2.08. The van der Waals surface area contributed by atoms with Crippen molar-refractivity contribution in [1.82, 2.24) is 0 Å². The smallest absolute Gasteiger partial charge is 0.231 e. The van der Waals surface area contributed by atoms with Gasteiger partial charge >= 0.3 is 0 Å².